The summed E-state index contributed by atoms with van der Waals surface area (Å²) >= 11 is 0. The van der Waals surface area contributed by atoms with Crippen molar-refractivity contribution in [2.45, 2.75) is 31.6 Å². The summed E-state index contributed by atoms with van der Waals surface area (Å²) < 4.78 is 1.85. The van der Waals surface area contributed by atoms with Crippen molar-refractivity contribution in [1.82, 2.24) is 24.8 Å². The zero-order chi connectivity index (χ0) is 18.4. The van der Waals surface area contributed by atoms with E-state index in [-0.39, 0.29) is 23.9 Å². The third-order valence-electron chi connectivity index (χ3n) is 5.85. The Morgan fingerprint density at radius 1 is 1.14 bits per heavy atom. The molecule has 4 heterocycles. The second-order valence-electron chi connectivity index (χ2n) is 7.54. The van der Waals surface area contributed by atoms with E-state index in [1.165, 1.54) is 0 Å². The van der Waals surface area contributed by atoms with E-state index in [4.69, 9.17) is 5.10 Å². The molecule has 0 aliphatic carbocycles. The molecule has 2 aromatic heterocycles. The van der Waals surface area contributed by atoms with Crippen LogP contribution in [0.2, 0.25) is 0 Å². The number of fused-ring (bicyclic) bond motifs is 3. The average Bonchev–Trinajstić information content (AvgIpc) is 3.35. The Morgan fingerprint density at radius 2 is 1.89 bits per heavy atom. The maximum Gasteiger partial charge on any atom is 0.254 e. The fraction of sp³-hybridized carbons (Fsp3) is 0.450. The smallest absolute Gasteiger partial charge is 0.254 e. The van der Waals surface area contributed by atoms with E-state index < -0.39 is 0 Å². The standard InChI is InChI=1S/C20H23N5O2.ClH/c26-17-12-16(13-6-8-21-9-7-13)25-19(22-17)18-14(4-3-5-15(18)23-25)20(27)24-10-1-2-11-24;/h3-5,12-13,21H,1-2,6-11H2,(H,22,26);1H. The Morgan fingerprint density at radius 3 is 2.64 bits per heavy atom. The van der Waals surface area contributed by atoms with Gasteiger partial charge < -0.3 is 15.2 Å². The number of aromatic amines is 1. The molecule has 2 fully saturated rings. The number of piperidine rings is 1. The van der Waals surface area contributed by atoms with Crippen molar-refractivity contribution in [2.24, 2.45) is 0 Å². The van der Waals surface area contributed by atoms with Gasteiger partial charge in [-0.2, -0.15) is 5.10 Å². The summed E-state index contributed by atoms with van der Waals surface area (Å²) in [5.41, 5.74) is 2.81. The minimum atomic E-state index is -0.138. The summed E-state index contributed by atoms with van der Waals surface area (Å²) in [6.45, 7) is 3.48. The molecule has 1 amide bonds. The van der Waals surface area contributed by atoms with Crippen LogP contribution < -0.4 is 10.9 Å². The average molecular weight is 402 g/mol. The predicted octanol–water partition coefficient (Wildman–Crippen LogP) is 2.30. The minimum absolute atomic E-state index is 0. The summed E-state index contributed by atoms with van der Waals surface area (Å²) in [6.07, 6.45) is 4.06. The highest BCUT2D eigenvalue weighted by Crippen LogP contribution is 2.29. The van der Waals surface area contributed by atoms with Gasteiger partial charge in [0.2, 0.25) is 0 Å². The molecular formula is C20H24ClN5O2. The van der Waals surface area contributed by atoms with Gasteiger partial charge >= 0.3 is 0 Å². The van der Waals surface area contributed by atoms with Gasteiger partial charge in [-0.25, -0.2) is 4.52 Å². The number of likely N-dealkylation sites (tertiary alicyclic amines) is 1. The van der Waals surface area contributed by atoms with Crippen molar-refractivity contribution >= 4 is 34.9 Å². The van der Waals surface area contributed by atoms with Crippen LogP contribution in [0.5, 0.6) is 0 Å². The number of nitrogens with zero attached hydrogens (tertiary/aromatic N) is 3. The Hall–Kier alpha value is -2.38. The number of hydrogen-bond donors (Lipinski definition) is 2. The third kappa shape index (κ3) is 3.08. The fourth-order valence-electron chi connectivity index (χ4n) is 4.46. The zero-order valence-electron chi connectivity index (χ0n) is 15.6. The summed E-state index contributed by atoms with van der Waals surface area (Å²) in [4.78, 5) is 30.3. The molecule has 1 aromatic carbocycles. The first kappa shape index (κ1) is 19.0. The van der Waals surface area contributed by atoms with E-state index in [1.54, 1.807) is 6.07 Å². The molecule has 0 unspecified atom stereocenters. The summed E-state index contributed by atoms with van der Waals surface area (Å²) in [5.74, 6) is 0.323. The molecule has 2 aliphatic heterocycles. The fourth-order valence-corrected chi connectivity index (χ4v) is 4.46. The number of nitrogens with one attached hydrogen (secondary N) is 2. The number of aromatic nitrogens is 3. The van der Waals surface area contributed by atoms with Crippen LogP contribution in [0.1, 0.15) is 47.7 Å². The van der Waals surface area contributed by atoms with Crippen molar-refractivity contribution in [3.8, 4) is 0 Å². The van der Waals surface area contributed by atoms with Crippen LogP contribution in [0.25, 0.3) is 16.6 Å². The molecule has 0 atom stereocenters. The number of benzene rings is 1. The summed E-state index contributed by atoms with van der Waals surface area (Å²) in [7, 11) is 0. The maximum atomic E-state index is 13.1. The van der Waals surface area contributed by atoms with Gasteiger partial charge in [0.1, 0.15) is 5.65 Å². The van der Waals surface area contributed by atoms with Crippen molar-refractivity contribution in [1.29, 1.82) is 0 Å². The number of carbonyl (C=O) groups excluding carboxylic acids is 1. The van der Waals surface area contributed by atoms with Crippen LogP contribution in [0.3, 0.4) is 0 Å². The Bertz CT molecular complexity index is 1080. The van der Waals surface area contributed by atoms with Gasteiger partial charge in [-0.1, -0.05) is 6.07 Å². The quantitative estimate of drug-likeness (QED) is 0.690. The molecule has 0 radical (unpaired) electrons. The summed E-state index contributed by atoms with van der Waals surface area (Å²) in [6, 6.07) is 7.30. The topological polar surface area (TPSA) is 82.5 Å². The third-order valence-corrected chi connectivity index (χ3v) is 5.85. The lowest BCUT2D eigenvalue weighted by Gasteiger charge is -2.23. The first-order valence-electron chi connectivity index (χ1n) is 9.77. The van der Waals surface area contributed by atoms with Crippen molar-refractivity contribution < 1.29 is 4.79 Å². The highest BCUT2D eigenvalue weighted by molar-refractivity contribution is 6.11. The SMILES string of the molecule is Cl.O=C(c1cccc2nn3c(C4CCNCC4)cc(=O)[nH]c3c12)N1CCCC1. The van der Waals surface area contributed by atoms with E-state index >= 15 is 0 Å². The molecule has 28 heavy (non-hydrogen) atoms. The molecule has 8 heteroatoms. The lowest BCUT2D eigenvalue weighted by Crippen LogP contribution is -2.28. The second-order valence-corrected chi connectivity index (χ2v) is 7.54. The molecular weight excluding hydrogens is 378 g/mol. The molecule has 0 saturated carbocycles. The number of hydrogen-bond acceptors (Lipinski definition) is 4. The molecule has 2 N–H and O–H groups in total. The normalized spacial score (nSPS) is 17.9. The monoisotopic (exact) mass is 401 g/mol. The molecule has 5 rings (SSSR count). The van der Waals surface area contributed by atoms with Gasteiger partial charge in [-0.15, -0.1) is 12.4 Å². The minimum Gasteiger partial charge on any atom is -0.339 e. The van der Waals surface area contributed by atoms with Crippen LogP contribution in [-0.4, -0.2) is 51.6 Å². The van der Waals surface area contributed by atoms with Gasteiger partial charge in [0, 0.05) is 25.1 Å². The molecule has 2 aliphatic rings. The van der Waals surface area contributed by atoms with Gasteiger partial charge in [0.25, 0.3) is 11.5 Å². The first-order chi connectivity index (χ1) is 13.2. The summed E-state index contributed by atoms with van der Waals surface area (Å²) in [5, 5.41) is 8.87. The number of carbonyl (C=O) groups is 1. The van der Waals surface area contributed by atoms with Crippen LogP contribution in [0.15, 0.2) is 29.1 Å². The van der Waals surface area contributed by atoms with E-state index in [0.29, 0.717) is 17.1 Å². The highest BCUT2D eigenvalue weighted by Gasteiger charge is 2.25. The van der Waals surface area contributed by atoms with E-state index in [1.807, 2.05) is 27.6 Å². The van der Waals surface area contributed by atoms with Crippen LogP contribution >= 0.6 is 12.4 Å². The lowest BCUT2D eigenvalue weighted by atomic mass is 9.94. The molecule has 7 nitrogen and oxygen atoms in total. The van der Waals surface area contributed by atoms with E-state index in [2.05, 4.69) is 10.3 Å². The number of rotatable bonds is 2. The van der Waals surface area contributed by atoms with Crippen molar-refractivity contribution in [2.75, 3.05) is 26.2 Å². The highest BCUT2D eigenvalue weighted by atomic mass is 35.5. The second kappa shape index (κ2) is 7.56. The van der Waals surface area contributed by atoms with Gasteiger partial charge in [-0.3, -0.25) is 9.59 Å². The molecule has 2 saturated heterocycles. The van der Waals surface area contributed by atoms with Gasteiger partial charge in [-0.05, 0) is 50.9 Å². The van der Waals surface area contributed by atoms with E-state index in [0.717, 1.165) is 68.5 Å². The number of H-pyrrole nitrogens is 1. The molecule has 3 aromatic rings. The first-order valence-corrected chi connectivity index (χ1v) is 9.77. The van der Waals surface area contributed by atoms with Crippen molar-refractivity contribution in [3.05, 3.63) is 45.9 Å². The van der Waals surface area contributed by atoms with Gasteiger partial charge in [0.05, 0.1) is 22.2 Å². The molecule has 0 bridgehead atoms. The largest absolute Gasteiger partial charge is 0.339 e. The predicted molar refractivity (Wildman–Crippen MR) is 111 cm³/mol. The van der Waals surface area contributed by atoms with E-state index in [9.17, 15) is 9.59 Å². The van der Waals surface area contributed by atoms with Gasteiger partial charge in [0.15, 0.2) is 0 Å². The maximum absolute atomic E-state index is 13.1. The van der Waals surface area contributed by atoms with Crippen LogP contribution in [-0.2, 0) is 0 Å². The zero-order valence-corrected chi connectivity index (χ0v) is 16.4. The molecule has 148 valence electrons. The Kier molecular flexibility index (Phi) is 5.12. The lowest BCUT2D eigenvalue weighted by molar-refractivity contribution is 0.0795. The Labute approximate surface area is 168 Å². The molecule has 0 spiro atoms. The number of halogens is 1. The van der Waals surface area contributed by atoms with Crippen LogP contribution in [0, 0.1) is 0 Å². The number of amides is 1. The van der Waals surface area contributed by atoms with Crippen LogP contribution in [0.4, 0.5) is 0 Å². The Balaban J connectivity index is 0.00000192. The van der Waals surface area contributed by atoms with Crippen molar-refractivity contribution in [3.63, 3.8) is 0 Å².